The minimum absolute atomic E-state index is 0.157. The van der Waals surface area contributed by atoms with Gasteiger partial charge in [-0.05, 0) is 25.7 Å². The molecule has 1 N–H and O–H groups in total. The molecule has 140 valence electrons. The van der Waals surface area contributed by atoms with E-state index in [2.05, 4.69) is 27.7 Å². The predicted octanol–water partition coefficient (Wildman–Crippen LogP) is 6.23. The molecule has 0 saturated heterocycles. The number of aliphatic hydroxyl groups excluding tert-OH is 1. The highest BCUT2D eigenvalue weighted by Gasteiger charge is 2.43. The van der Waals surface area contributed by atoms with Gasteiger partial charge < -0.3 is 14.2 Å². The highest BCUT2D eigenvalue weighted by atomic mass is 31.2. The van der Waals surface area contributed by atoms with Crippen LogP contribution in [-0.4, -0.2) is 41.8 Å². The molecule has 0 saturated carbocycles. The van der Waals surface area contributed by atoms with Gasteiger partial charge in [0, 0.05) is 24.6 Å². The van der Waals surface area contributed by atoms with E-state index in [0.717, 1.165) is 51.4 Å². The molecule has 0 aliphatic carbocycles. The molecule has 0 radical (unpaired) electrons. The van der Waals surface area contributed by atoms with E-state index >= 15 is 0 Å². The molecule has 0 unspecified atom stereocenters. The summed E-state index contributed by atoms with van der Waals surface area (Å²) in [6.07, 6.45) is 10.3. The maximum atomic E-state index is 13.7. The number of hydrogen-bond donors (Lipinski definition) is 1. The zero-order chi connectivity index (χ0) is 17.8. The second-order valence-corrected chi connectivity index (χ2v) is 14.1. The standard InChI is InChI=1S/C18H40O3P2/c1-5-9-13-22(20,14-10-6-2)18(17-19)23(21,15-11-7-3)16-12-8-4/h18-19H,5-17H2,1-4H3. The Hall–Kier alpha value is 0.420. The smallest absolute Gasteiger partial charge is 0.0999 e. The molecule has 3 nitrogen and oxygen atoms in total. The van der Waals surface area contributed by atoms with Gasteiger partial charge in [0.05, 0.1) is 26.3 Å². The van der Waals surface area contributed by atoms with Crippen LogP contribution in [0, 0.1) is 0 Å². The Balaban J connectivity index is 5.49. The first kappa shape index (κ1) is 23.4. The third-order valence-corrected chi connectivity index (χ3v) is 14.1. The van der Waals surface area contributed by atoms with Crippen LogP contribution in [0.15, 0.2) is 0 Å². The van der Waals surface area contributed by atoms with Crippen molar-refractivity contribution in [2.24, 2.45) is 0 Å². The van der Waals surface area contributed by atoms with Gasteiger partial charge in [-0.1, -0.05) is 53.4 Å². The summed E-state index contributed by atoms with van der Waals surface area (Å²) in [6.45, 7) is 8.25. The number of rotatable bonds is 15. The summed E-state index contributed by atoms with van der Waals surface area (Å²) in [5, 5.41) is 9.61. The first-order valence-electron chi connectivity index (χ1n) is 9.70. The van der Waals surface area contributed by atoms with Crippen molar-refractivity contribution in [3.05, 3.63) is 0 Å². The van der Waals surface area contributed by atoms with Gasteiger partial charge in [-0.25, -0.2) is 0 Å². The molecule has 0 spiro atoms. The van der Waals surface area contributed by atoms with E-state index in [4.69, 9.17) is 0 Å². The summed E-state index contributed by atoms with van der Waals surface area (Å²) >= 11 is 0. The molecule has 0 aliphatic rings. The monoisotopic (exact) mass is 366 g/mol. The Kier molecular flexibility index (Phi) is 13.0. The molecule has 0 aromatic carbocycles. The zero-order valence-electron chi connectivity index (χ0n) is 15.9. The van der Waals surface area contributed by atoms with Crippen LogP contribution in [0.25, 0.3) is 0 Å². The molecule has 0 bridgehead atoms. The third kappa shape index (κ3) is 7.89. The fraction of sp³-hybridized carbons (Fsp3) is 1.00. The lowest BCUT2D eigenvalue weighted by Crippen LogP contribution is -2.22. The average molecular weight is 366 g/mol. The molecule has 0 fully saturated rings. The third-order valence-electron chi connectivity index (χ3n) is 4.81. The van der Waals surface area contributed by atoms with Gasteiger partial charge in [0.1, 0.15) is 0 Å². The average Bonchev–Trinajstić information content (AvgIpc) is 2.55. The summed E-state index contributed by atoms with van der Waals surface area (Å²) in [5.74, 6) is 0. The van der Waals surface area contributed by atoms with Crippen molar-refractivity contribution >= 4 is 14.3 Å². The number of hydrogen-bond acceptors (Lipinski definition) is 3. The Morgan fingerprint density at radius 3 is 1.09 bits per heavy atom. The van der Waals surface area contributed by atoms with Gasteiger partial charge in [-0.15, -0.1) is 0 Å². The van der Waals surface area contributed by atoms with Crippen molar-refractivity contribution in [2.75, 3.05) is 31.3 Å². The van der Waals surface area contributed by atoms with E-state index < -0.39 is 19.7 Å². The fourth-order valence-corrected chi connectivity index (χ4v) is 13.3. The van der Waals surface area contributed by atoms with E-state index in [1.54, 1.807) is 0 Å². The van der Waals surface area contributed by atoms with Crippen molar-refractivity contribution in [1.82, 2.24) is 0 Å². The van der Waals surface area contributed by atoms with Crippen LogP contribution in [-0.2, 0) is 9.13 Å². The van der Waals surface area contributed by atoms with Crippen LogP contribution in [0.3, 0.4) is 0 Å². The van der Waals surface area contributed by atoms with Gasteiger partial charge in [0.15, 0.2) is 0 Å². The Morgan fingerprint density at radius 1 is 0.652 bits per heavy atom. The molecule has 0 aromatic rings. The molecule has 0 amide bonds. The summed E-state index contributed by atoms with van der Waals surface area (Å²) in [6, 6.07) is 0. The predicted molar refractivity (Wildman–Crippen MR) is 105 cm³/mol. The topological polar surface area (TPSA) is 54.4 Å². The molecule has 0 aliphatic heterocycles. The van der Waals surface area contributed by atoms with Crippen LogP contribution in [0.2, 0.25) is 0 Å². The Labute approximate surface area is 144 Å². The Bertz CT molecular complexity index is 324. The maximum Gasteiger partial charge on any atom is 0.0999 e. The van der Waals surface area contributed by atoms with E-state index in [1.165, 1.54) is 0 Å². The van der Waals surface area contributed by atoms with Gasteiger partial charge in [-0.3, -0.25) is 0 Å². The summed E-state index contributed by atoms with van der Waals surface area (Å²) < 4.78 is 27.4. The highest BCUT2D eigenvalue weighted by molar-refractivity contribution is 7.81. The summed E-state index contributed by atoms with van der Waals surface area (Å²) in [4.78, 5) is 0. The lowest BCUT2D eigenvalue weighted by atomic mass is 10.4. The second kappa shape index (κ2) is 12.7. The number of aliphatic hydroxyl groups is 1. The van der Waals surface area contributed by atoms with E-state index in [-0.39, 0.29) is 6.61 Å². The van der Waals surface area contributed by atoms with Crippen LogP contribution in [0.5, 0.6) is 0 Å². The van der Waals surface area contributed by atoms with E-state index in [1.807, 2.05) is 0 Å². The van der Waals surface area contributed by atoms with Crippen LogP contribution in [0.4, 0.5) is 0 Å². The van der Waals surface area contributed by atoms with E-state index in [9.17, 15) is 14.2 Å². The molecule has 0 rings (SSSR count). The van der Waals surface area contributed by atoms with Crippen molar-refractivity contribution in [3.8, 4) is 0 Å². The second-order valence-electron chi connectivity index (χ2n) is 6.88. The molecule has 5 heteroatoms. The summed E-state index contributed by atoms with van der Waals surface area (Å²) in [7, 11) is -5.16. The minimum atomic E-state index is -2.58. The van der Waals surface area contributed by atoms with Gasteiger partial charge in [-0.2, -0.15) is 0 Å². The Morgan fingerprint density at radius 2 is 0.913 bits per heavy atom. The lowest BCUT2D eigenvalue weighted by Gasteiger charge is -2.34. The first-order valence-corrected chi connectivity index (χ1v) is 14.0. The lowest BCUT2D eigenvalue weighted by molar-refractivity contribution is 0.307. The molecular formula is C18H40O3P2. The van der Waals surface area contributed by atoms with Crippen molar-refractivity contribution < 1.29 is 14.2 Å². The molecule has 0 heterocycles. The van der Waals surface area contributed by atoms with Crippen molar-refractivity contribution in [2.45, 2.75) is 84.5 Å². The maximum absolute atomic E-state index is 13.7. The number of unbranched alkanes of at least 4 members (excludes halogenated alkanes) is 4. The largest absolute Gasteiger partial charge is 0.395 e. The van der Waals surface area contributed by atoms with Gasteiger partial charge in [0.2, 0.25) is 0 Å². The quantitative estimate of drug-likeness (QED) is 0.349. The van der Waals surface area contributed by atoms with Crippen molar-refractivity contribution in [3.63, 3.8) is 0 Å². The molecular weight excluding hydrogens is 326 g/mol. The SMILES string of the molecule is CCCCP(=O)(CCCC)C(CO)P(=O)(CCCC)CCCC. The fourth-order valence-electron chi connectivity index (χ4n) is 3.20. The summed E-state index contributed by atoms with van der Waals surface area (Å²) in [5.41, 5.74) is 0. The van der Waals surface area contributed by atoms with Crippen LogP contribution < -0.4 is 0 Å². The first-order chi connectivity index (χ1) is 10.9. The van der Waals surface area contributed by atoms with Crippen LogP contribution in [0.1, 0.15) is 79.1 Å². The van der Waals surface area contributed by atoms with Crippen molar-refractivity contribution in [1.29, 1.82) is 0 Å². The minimum Gasteiger partial charge on any atom is -0.395 e. The molecule has 23 heavy (non-hydrogen) atoms. The molecule has 0 atom stereocenters. The zero-order valence-corrected chi connectivity index (χ0v) is 17.7. The van der Waals surface area contributed by atoms with Gasteiger partial charge in [0.25, 0.3) is 0 Å². The molecule has 0 aromatic heterocycles. The van der Waals surface area contributed by atoms with E-state index in [0.29, 0.717) is 24.6 Å². The van der Waals surface area contributed by atoms with Crippen LogP contribution >= 0.6 is 14.3 Å². The highest BCUT2D eigenvalue weighted by Crippen LogP contribution is 2.69. The van der Waals surface area contributed by atoms with Gasteiger partial charge >= 0.3 is 0 Å². The normalized spacial score (nSPS) is 13.0.